The Hall–Kier alpha value is -0.830. The minimum atomic E-state index is -2.41. The Labute approximate surface area is 67.8 Å². The third-order valence-electron chi connectivity index (χ3n) is 1.33. The smallest absolute Gasteiger partial charge is 0.148 e. The molecule has 0 N–H and O–H groups in total. The summed E-state index contributed by atoms with van der Waals surface area (Å²) in [6.07, 6.45) is 0. The summed E-state index contributed by atoms with van der Waals surface area (Å²) >= 11 is 0. The second-order valence-corrected chi connectivity index (χ2v) is 3.15. The summed E-state index contributed by atoms with van der Waals surface area (Å²) in [5.74, 6) is 1.22. The molecule has 3 heteroatoms. The van der Waals surface area contributed by atoms with E-state index in [9.17, 15) is 8.42 Å². The fraction of sp³-hybridized carbons (Fsp3) is 0.125. The van der Waals surface area contributed by atoms with E-state index in [1.165, 1.54) is 5.75 Å². The van der Waals surface area contributed by atoms with Gasteiger partial charge in [0.15, 0.2) is 0 Å². The molecule has 0 aromatic heterocycles. The van der Waals surface area contributed by atoms with Crippen LogP contribution in [0.3, 0.4) is 0 Å². The van der Waals surface area contributed by atoms with E-state index in [-0.39, 0.29) is 0 Å². The quantitative estimate of drug-likeness (QED) is 0.673. The molecule has 59 valence electrons. The maximum Gasteiger partial charge on any atom is 0.148 e. The molecule has 1 aromatic rings. The number of hydrogen-bond acceptors (Lipinski definition) is 2. The lowest BCUT2D eigenvalue weighted by Crippen LogP contribution is -1.82. The summed E-state index contributed by atoms with van der Waals surface area (Å²) in [6.45, 7) is 1.96. The van der Waals surface area contributed by atoms with Gasteiger partial charge in [-0.2, -0.15) is 0 Å². The van der Waals surface area contributed by atoms with Gasteiger partial charge in [0.25, 0.3) is 0 Å². The van der Waals surface area contributed by atoms with Crippen molar-refractivity contribution in [3.8, 4) is 0 Å². The van der Waals surface area contributed by atoms with Gasteiger partial charge >= 0.3 is 0 Å². The predicted octanol–water partition coefficient (Wildman–Crippen LogP) is 1.12. The molecule has 0 aliphatic carbocycles. The highest BCUT2D eigenvalue weighted by atomic mass is 32.2. The lowest BCUT2D eigenvalue weighted by Gasteiger charge is -1.93. The van der Waals surface area contributed by atoms with E-state index in [1.54, 1.807) is 12.1 Å². The van der Waals surface area contributed by atoms with Crippen molar-refractivity contribution in [1.29, 1.82) is 0 Å². The first-order valence-corrected chi connectivity index (χ1v) is 4.48. The van der Waals surface area contributed by atoms with Gasteiger partial charge < -0.3 is 0 Å². The zero-order chi connectivity index (χ0) is 8.27. The van der Waals surface area contributed by atoms with Crippen molar-refractivity contribution in [1.82, 2.24) is 0 Å². The van der Waals surface area contributed by atoms with Crippen LogP contribution in [0.4, 0.5) is 0 Å². The molecule has 1 radical (unpaired) electrons. The van der Waals surface area contributed by atoms with Gasteiger partial charge in [-0.3, -0.25) is 0 Å². The molecule has 0 atom stereocenters. The lowest BCUT2D eigenvalue weighted by atomic mass is 10.2. The van der Waals surface area contributed by atoms with Crippen molar-refractivity contribution in [2.45, 2.75) is 6.92 Å². The van der Waals surface area contributed by atoms with Gasteiger partial charge in [-0.05, 0) is 12.5 Å². The van der Waals surface area contributed by atoms with Crippen molar-refractivity contribution in [3.63, 3.8) is 0 Å². The number of aryl methyl sites for hydroxylation is 1. The molecule has 11 heavy (non-hydrogen) atoms. The first-order valence-electron chi connectivity index (χ1n) is 3.23. The van der Waals surface area contributed by atoms with Crippen molar-refractivity contribution in [2.75, 3.05) is 0 Å². The second-order valence-electron chi connectivity index (χ2n) is 2.33. The molecule has 0 heterocycles. The zero-order valence-electron chi connectivity index (χ0n) is 6.15. The fourth-order valence-corrected chi connectivity index (χ4v) is 1.19. The first-order chi connectivity index (χ1) is 5.18. The predicted molar refractivity (Wildman–Crippen MR) is 44.9 cm³/mol. The van der Waals surface area contributed by atoms with Gasteiger partial charge in [-0.15, -0.1) is 0 Å². The molecule has 0 amide bonds. The Kier molecular flexibility index (Phi) is 2.65. The summed E-state index contributed by atoms with van der Waals surface area (Å²) in [5, 5.41) is 0. The van der Waals surface area contributed by atoms with E-state index in [4.69, 9.17) is 0 Å². The molecule has 0 unspecified atom stereocenters. The molecule has 0 bridgehead atoms. The SMILES string of the molecule is Cc1ccc([CH][SH](=O)=O)cc1. The van der Waals surface area contributed by atoms with Crippen molar-refractivity contribution in [3.05, 3.63) is 41.1 Å². The van der Waals surface area contributed by atoms with Crippen LogP contribution in [-0.2, 0) is 10.7 Å². The molecule has 0 saturated carbocycles. The number of rotatable bonds is 2. The number of thiol groups is 1. The van der Waals surface area contributed by atoms with Gasteiger partial charge in [-0.25, -0.2) is 8.42 Å². The maximum atomic E-state index is 10.2. The van der Waals surface area contributed by atoms with Crippen LogP contribution >= 0.6 is 0 Å². The second kappa shape index (κ2) is 3.53. The van der Waals surface area contributed by atoms with E-state index in [0.29, 0.717) is 0 Å². The molecule has 1 rings (SSSR count). The van der Waals surface area contributed by atoms with Crippen molar-refractivity contribution >= 4 is 10.7 Å². The van der Waals surface area contributed by atoms with E-state index >= 15 is 0 Å². The number of benzene rings is 1. The topological polar surface area (TPSA) is 34.1 Å². The summed E-state index contributed by atoms with van der Waals surface area (Å²) < 4.78 is 20.5. The third kappa shape index (κ3) is 2.72. The van der Waals surface area contributed by atoms with Crippen LogP contribution in [0, 0.1) is 12.7 Å². The van der Waals surface area contributed by atoms with E-state index in [1.807, 2.05) is 19.1 Å². The molecule has 0 fully saturated rings. The summed E-state index contributed by atoms with van der Waals surface area (Å²) in [6, 6.07) is 7.32. The van der Waals surface area contributed by atoms with Crippen molar-refractivity contribution in [2.24, 2.45) is 0 Å². The molecule has 0 aliphatic rings. The van der Waals surface area contributed by atoms with E-state index in [2.05, 4.69) is 0 Å². The normalized spacial score (nSPS) is 10.4. The van der Waals surface area contributed by atoms with Gasteiger partial charge in [0.05, 0.1) is 0 Å². The molecular weight excluding hydrogens is 160 g/mol. The van der Waals surface area contributed by atoms with Crippen LogP contribution < -0.4 is 0 Å². The minimum Gasteiger partial charge on any atom is -0.231 e. The van der Waals surface area contributed by atoms with Gasteiger partial charge in [0.1, 0.15) is 16.5 Å². The van der Waals surface area contributed by atoms with Gasteiger partial charge in [0.2, 0.25) is 0 Å². The Bertz CT molecular complexity index is 290. The van der Waals surface area contributed by atoms with Crippen LogP contribution in [0.2, 0.25) is 0 Å². The van der Waals surface area contributed by atoms with Crippen LogP contribution in [0.25, 0.3) is 0 Å². The first kappa shape index (κ1) is 8.27. The average Bonchev–Trinajstić information content (AvgIpc) is 1.93. The van der Waals surface area contributed by atoms with Gasteiger partial charge in [-0.1, -0.05) is 29.8 Å². The largest absolute Gasteiger partial charge is 0.231 e. The van der Waals surface area contributed by atoms with E-state index < -0.39 is 10.7 Å². The van der Waals surface area contributed by atoms with Crippen molar-refractivity contribution < 1.29 is 8.42 Å². The molecule has 2 nitrogen and oxygen atoms in total. The average molecular weight is 169 g/mol. The number of hydrogen-bond donors (Lipinski definition) is 1. The fourth-order valence-electron chi connectivity index (χ4n) is 0.774. The molecule has 0 spiro atoms. The minimum absolute atomic E-state index is 0.728. The lowest BCUT2D eigenvalue weighted by molar-refractivity contribution is 0.620. The highest BCUT2D eigenvalue weighted by Gasteiger charge is 1.92. The van der Waals surface area contributed by atoms with Crippen LogP contribution in [-0.4, -0.2) is 8.42 Å². The Morgan fingerprint density at radius 2 is 1.73 bits per heavy atom. The molecule has 0 aliphatic heterocycles. The van der Waals surface area contributed by atoms with Crippen LogP contribution in [0.1, 0.15) is 11.1 Å². The Morgan fingerprint density at radius 1 is 1.18 bits per heavy atom. The van der Waals surface area contributed by atoms with Crippen LogP contribution in [0.15, 0.2) is 24.3 Å². The zero-order valence-corrected chi connectivity index (χ0v) is 7.04. The molecule has 0 saturated heterocycles. The monoisotopic (exact) mass is 169 g/mol. The van der Waals surface area contributed by atoms with Crippen LogP contribution in [0.5, 0.6) is 0 Å². The molecule has 1 aromatic carbocycles. The maximum absolute atomic E-state index is 10.2. The third-order valence-corrected chi connectivity index (χ3v) is 1.84. The Balaban J connectivity index is 2.82. The Morgan fingerprint density at radius 3 is 2.18 bits per heavy atom. The summed E-state index contributed by atoms with van der Waals surface area (Å²) in [4.78, 5) is 0. The summed E-state index contributed by atoms with van der Waals surface area (Å²) in [5.41, 5.74) is 1.86. The standard InChI is InChI=1S/C8H9O2S/c1-7-2-4-8(5-3-7)6-11(9)10/h2-6,11H,1H3. The van der Waals surface area contributed by atoms with Gasteiger partial charge in [0, 0.05) is 0 Å². The van der Waals surface area contributed by atoms with E-state index in [0.717, 1.165) is 11.1 Å². The highest BCUT2D eigenvalue weighted by molar-refractivity contribution is 7.74. The molecular formula is C8H9O2S. The summed E-state index contributed by atoms with van der Waals surface area (Å²) in [7, 11) is -2.41. The highest BCUT2D eigenvalue weighted by Crippen LogP contribution is 2.04.